The highest BCUT2D eigenvalue weighted by atomic mass is 16.5. The number of benzene rings is 1. The minimum Gasteiger partial charge on any atom is -0.481 e. The van der Waals surface area contributed by atoms with Crippen LogP contribution in [0.4, 0.5) is 0 Å². The number of aliphatic carboxylic acids is 1. The van der Waals surface area contributed by atoms with Gasteiger partial charge in [0.25, 0.3) is 5.91 Å². The van der Waals surface area contributed by atoms with Gasteiger partial charge in [0.15, 0.2) is 6.10 Å². The van der Waals surface area contributed by atoms with Crippen molar-refractivity contribution in [3.05, 3.63) is 30.3 Å². The van der Waals surface area contributed by atoms with Crippen LogP contribution in [0.25, 0.3) is 0 Å². The van der Waals surface area contributed by atoms with Crippen molar-refractivity contribution in [2.45, 2.75) is 32.4 Å². The van der Waals surface area contributed by atoms with Crippen LogP contribution in [0.15, 0.2) is 30.3 Å². The van der Waals surface area contributed by atoms with E-state index in [-0.39, 0.29) is 5.91 Å². The van der Waals surface area contributed by atoms with Crippen LogP contribution in [-0.2, 0) is 9.59 Å². The number of carbonyl (C=O) groups is 2. The van der Waals surface area contributed by atoms with Crippen LogP contribution >= 0.6 is 0 Å². The summed E-state index contributed by atoms with van der Waals surface area (Å²) in [6.07, 6.45) is -0.195. The number of carboxylic acid groups (broad SMARTS) is 1. The average Bonchev–Trinajstić information content (AvgIpc) is 2.43. The summed E-state index contributed by atoms with van der Waals surface area (Å²) >= 11 is 0. The lowest BCUT2D eigenvalue weighted by atomic mass is 10.2. The number of hydrogen-bond acceptors (Lipinski definition) is 3. The third-order valence-corrected chi connectivity index (χ3v) is 2.95. The normalized spacial score (nSPS) is 13.4. The third-order valence-electron chi connectivity index (χ3n) is 2.95. The van der Waals surface area contributed by atoms with E-state index in [2.05, 4.69) is 0 Å². The van der Waals surface area contributed by atoms with Crippen molar-refractivity contribution >= 4 is 11.9 Å². The van der Waals surface area contributed by atoms with Gasteiger partial charge in [-0.25, -0.2) is 4.79 Å². The summed E-state index contributed by atoms with van der Waals surface area (Å²) in [5, 5.41) is 8.91. The number of rotatable bonds is 6. The minimum atomic E-state index is -1.04. The Bertz CT molecular complexity index is 432. The summed E-state index contributed by atoms with van der Waals surface area (Å²) in [4.78, 5) is 24.2. The van der Waals surface area contributed by atoms with E-state index in [0.717, 1.165) is 0 Å². The first-order valence-electron chi connectivity index (χ1n) is 6.18. The standard InChI is InChI=1S/C14H19NO4/c1-4-12(19-11-8-6-5-7-9-11)13(16)15(3)10(2)14(17)18/h5-10,12H,4H2,1-3H3,(H,17,18). The molecule has 0 bridgehead atoms. The largest absolute Gasteiger partial charge is 0.481 e. The van der Waals surface area contributed by atoms with E-state index in [1.165, 1.54) is 18.9 Å². The molecule has 0 radical (unpaired) electrons. The summed E-state index contributed by atoms with van der Waals surface area (Å²) in [6, 6.07) is 8.13. The summed E-state index contributed by atoms with van der Waals surface area (Å²) in [6.45, 7) is 3.29. The van der Waals surface area contributed by atoms with E-state index in [1.807, 2.05) is 25.1 Å². The van der Waals surface area contributed by atoms with Gasteiger partial charge in [0, 0.05) is 7.05 Å². The van der Waals surface area contributed by atoms with Gasteiger partial charge in [0.2, 0.25) is 0 Å². The molecule has 0 aromatic heterocycles. The number of hydrogen-bond donors (Lipinski definition) is 1. The smallest absolute Gasteiger partial charge is 0.326 e. The maximum atomic E-state index is 12.2. The SMILES string of the molecule is CCC(Oc1ccccc1)C(=O)N(C)C(C)C(=O)O. The molecule has 0 fully saturated rings. The Kier molecular flexibility index (Phi) is 5.36. The highest BCUT2D eigenvalue weighted by molar-refractivity contribution is 5.86. The quantitative estimate of drug-likeness (QED) is 0.851. The Labute approximate surface area is 112 Å². The fraction of sp³-hybridized carbons (Fsp3) is 0.429. The van der Waals surface area contributed by atoms with Crippen molar-refractivity contribution in [2.75, 3.05) is 7.05 Å². The first-order valence-corrected chi connectivity index (χ1v) is 6.18. The van der Waals surface area contributed by atoms with Gasteiger partial charge in [-0.05, 0) is 25.5 Å². The summed E-state index contributed by atoms with van der Waals surface area (Å²) in [5.74, 6) is -0.772. The molecule has 19 heavy (non-hydrogen) atoms. The number of para-hydroxylation sites is 1. The summed E-state index contributed by atoms with van der Waals surface area (Å²) < 4.78 is 5.59. The van der Waals surface area contributed by atoms with E-state index in [9.17, 15) is 9.59 Å². The number of carboxylic acids is 1. The molecule has 1 aromatic rings. The lowest BCUT2D eigenvalue weighted by Crippen LogP contribution is -2.46. The van der Waals surface area contributed by atoms with Crippen molar-refractivity contribution in [1.29, 1.82) is 0 Å². The molecule has 0 aliphatic rings. The maximum absolute atomic E-state index is 12.2. The van der Waals surface area contributed by atoms with E-state index in [1.54, 1.807) is 12.1 Å². The second-order valence-corrected chi connectivity index (χ2v) is 4.29. The summed E-state index contributed by atoms with van der Waals surface area (Å²) in [5.41, 5.74) is 0. The molecule has 2 atom stereocenters. The van der Waals surface area contributed by atoms with Gasteiger partial charge in [-0.3, -0.25) is 4.79 Å². The zero-order valence-electron chi connectivity index (χ0n) is 11.4. The second-order valence-electron chi connectivity index (χ2n) is 4.29. The van der Waals surface area contributed by atoms with Crippen molar-refractivity contribution in [1.82, 2.24) is 4.90 Å². The van der Waals surface area contributed by atoms with Crippen LogP contribution in [0.3, 0.4) is 0 Å². The Morgan fingerprint density at radius 3 is 2.37 bits per heavy atom. The van der Waals surface area contributed by atoms with Crippen LogP contribution in [0, 0.1) is 0 Å². The van der Waals surface area contributed by atoms with E-state index in [4.69, 9.17) is 9.84 Å². The number of ether oxygens (including phenoxy) is 1. The predicted molar refractivity (Wildman–Crippen MR) is 71.0 cm³/mol. The zero-order valence-corrected chi connectivity index (χ0v) is 11.4. The lowest BCUT2D eigenvalue weighted by molar-refractivity contribution is -0.151. The molecular formula is C14H19NO4. The van der Waals surface area contributed by atoms with Gasteiger partial charge in [-0.1, -0.05) is 25.1 Å². The molecule has 5 nitrogen and oxygen atoms in total. The highest BCUT2D eigenvalue weighted by Crippen LogP contribution is 2.14. The number of amides is 1. The third kappa shape index (κ3) is 3.98. The lowest BCUT2D eigenvalue weighted by Gasteiger charge is -2.26. The number of nitrogens with zero attached hydrogens (tertiary/aromatic N) is 1. The fourth-order valence-corrected chi connectivity index (χ4v) is 1.56. The van der Waals surface area contributed by atoms with Gasteiger partial charge in [0.05, 0.1) is 0 Å². The monoisotopic (exact) mass is 265 g/mol. The van der Waals surface area contributed by atoms with Crippen LogP contribution in [0.1, 0.15) is 20.3 Å². The molecule has 1 amide bonds. The van der Waals surface area contributed by atoms with E-state index < -0.39 is 18.1 Å². The second kappa shape index (κ2) is 6.78. The molecule has 1 rings (SSSR count). The van der Waals surface area contributed by atoms with Crippen molar-refractivity contribution in [3.8, 4) is 5.75 Å². The maximum Gasteiger partial charge on any atom is 0.326 e. The van der Waals surface area contributed by atoms with Crippen LogP contribution in [0.2, 0.25) is 0 Å². The highest BCUT2D eigenvalue weighted by Gasteiger charge is 2.28. The average molecular weight is 265 g/mol. The fourth-order valence-electron chi connectivity index (χ4n) is 1.56. The molecule has 1 aromatic carbocycles. The number of likely N-dealkylation sites (N-methyl/N-ethyl adjacent to an activating group) is 1. The topological polar surface area (TPSA) is 66.8 Å². The molecule has 0 spiro atoms. The van der Waals surface area contributed by atoms with Gasteiger partial charge in [-0.2, -0.15) is 0 Å². The molecule has 5 heteroatoms. The van der Waals surface area contributed by atoms with Gasteiger partial charge in [-0.15, -0.1) is 0 Å². The Hall–Kier alpha value is -2.04. The van der Waals surface area contributed by atoms with Gasteiger partial charge in [0.1, 0.15) is 11.8 Å². The number of carbonyl (C=O) groups excluding carboxylic acids is 1. The molecule has 0 saturated heterocycles. The van der Waals surface area contributed by atoms with E-state index >= 15 is 0 Å². The molecule has 0 heterocycles. The zero-order chi connectivity index (χ0) is 14.4. The van der Waals surface area contributed by atoms with Crippen LogP contribution < -0.4 is 4.74 Å². The molecule has 2 unspecified atom stereocenters. The van der Waals surface area contributed by atoms with Crippen molar-refractivity contribution < 1.29 is 19.4 Å². The molecular weight excluding hydrogens is 246 g/mol. The Morgan fingerprint density at radius 1 is 1.32 bits per heavy atom. The Balaban J connectivity index is 2.74. The molecule has 0 saturated carbocycles. The Morgan fingerprint density at radius 2 is 1.89 bits per heavy atom. The van der Waals surface area contributed by atoms with Crippen LogP contribution in [0.5, 0.6) is 5.75 Å². The molecule has 104 valence electrons. The molecule has 0 aliphatic heterocycles. The first kappa shape index (κ1) is 15.0. The predicted octanol–water partition coefficient (Wildman–Crippen LogP) is 1.78. The molecule has 0 aliphatic carbocycles. The van der Waals surface area contributed by atoms with E-state index in [0.29, 0.717) is 12.2 Å². The summed E-state index contributed by atoms with van der Waals surface area (Å²) in [7, 11) is 1.47. The molecule has 1 N–H and O–H groups in total. The first-order chi connectivity index (χ1) is 8.97. The van der Waals surface area contributed by atoms with Gasteiger partial charge < -0.3 is 14.7 Å². The van der Waals surface area contributed by atoms with Gasteiger partial charge >= 0.3 is 5.97 Å². The minimum absolute atomic E-state index is 0.332. The van der Waals surface area contributed by atoms with Crippen LogP contribution in [-0.4, -0.2) is 41.1 Å². The van der Waals surface area contributed by atoms with Crippen molar-refractivity contribution in [3.63, 3.8) is 0 Å². The van der Waals surface area contributed by atoms with Crippen molar-refractivity contribution in [2.24, 2.45) is 0 Å².